The standard InChI is InChI=1S/C18H20F3N3O/c1-11(10-16(22)25)12-6-8-13(9-7-12)24-15-5-3-2-4-14(15)17(23-24)18(19,20)21/h6-9,11H,2-5,10H2,1H3,(H2,22,25). The second-order valence-corrected chi connectivity index (χ2v) is 6.55. The van der Waals surface area contributed by atoms with E-state index in [-0.39, 0.29) is 18.2 Å². The number of aromatic nitrogens is 2. The van der Waals surface area contributed by atoms with Gasteiger partial charge in [-0.3, -0.25) is 4.79 Å². The highest BCUT2D eigenvalue weighted by molar-refractivity contribution is 5.74. The second kappa shape index (κ2) is 6.54. The molecule has 1 amide bonds. The molecule has 2 N–H and O–H groups in total. The van der Waals surface area contributed by atoms with Crippen LogP contribution in [0, 0.1) is 0 Å². The number of amides is 1. The highest BCUT2D eigenvalue weighted by Crippen LogP contribution is 2.36. The fraction of sp³-hybridized carbons (Fsp3) is 0.444. The van der Waals surface area contributed by atoms with Crippen LogP contribution in [0.15, 0.2) is 24.3 Å². The summed E-state index contributed by atoms with van der Waals surface area (Å²) in [5.74, 6) is -0.420. The molecule has 0 fully saturated rings. The zero-order chi connectivity index (χ0) is 18.2. The zero-order valence-corrected chi connectivity index (χ0v) is 13.9. The second-order valence-electron chi connectivity index (χ2n) is 6.55. The van der Waals surface area contributed by atoms with Crippen LogP contribution < -0.4 is 5.73 Å². The number of nitrogens with two attached hydrogens (primary N) is 1. The number of fused-ring (bicyclic) bond motifs is 1. The first-order chi connectivity index (χ1) is 11.8. The summed E-state index contributed by atoms with van der Waals surface area (Å²) in [6.45, 7) is 1.89. The van der Waals surface area contributed by atoms with Crippen molar-refractivity contribution in [3.63, 3.8) is 0 Å². The minimum atomic E-state index is -4.44. The number of benzene rings is 1. The summed E-state index contributed by atoms with van der Waals surface area (Å²) >= 11 is 0. The number of primary amides is 1. The van der Waals surface area contributed by atoms with Gasteiger partial charge in [0.2, 0.25) is 5.91 Å². The van der Waals surface area contributed by atoms with E-state index in [2.05, 4.69) is 5.10 Å². The fourth-order valence-corrected chi connectivity index (χ4v) is 3.40. The van der Waals surface area contributed by atoms with Gasteiger partial charge in [0.25, 0.3) is 0 Å². The third kappa shape index (κ3) is 3.55. The molecule has 1 aliphatic carbocycles. The smallest absolute Gasteiger partial charge is 0.370 e. The van der Waals surface area contributed by atoms with Gasteiger partial charge in [-0.05, 0) is 49.3 Å². The van der Waals surface area contributed by atoms with Crippen molar-refractivity contribution in [1.29, 1.82) is 0 Å². The Kier molecular flexibility index (Phi) is 4.58. The molecule has 1 aliphatic rings. The number of carbonyl (C=O) groups excluding carboxylic acids is 1. The molecule has 0 bridgehead atoms. The van der Waals surface area contributed by atoms with Crippen molar-refractivity contribution in [2.75, 3.05) is 0 Å². The van der Waals surface area contributed by atoms with Gasteiger partial charge < -0.3 is 5.73 Å². The Hall–Kier alpha value is -2.31. The highest BCUT2D eigenvalue weighted by atomic mass is 19.4. The molecule has 1 unspecified atom stereocenters. The lowest BCUT2D eigenvalue weighted by atomic mass is 9.95. The van der Waals surface area contributed by atoms with Crippen molar-refractivity contribution in [2.24, 2.45) is 5.73 Å². The third-order valence-corrected chi connectivity index (χ3v) is 4.66. The van der Waals surface area contributed by atoms with Crippen LogP contribution >= 0.6 is 0 Å². The Labute approximate surface area is 143 Å². The molecule has 7 heteroatoms. The van der Waals surface area contributed by atoms with Gasteiger partial charge in [-0.1, -0.05) is 19.1 Å². The Morgan fingerprint density at radius 3 is 2.48 bits per heavy atom. The van der Waals surface area contributed by atoms with E-state index >= 15 is 0 Å². The molecule has 0 aliphatic heterocycles. The van der Waals surface area contributed by atoms with Crippen LogP contribution in [0.1, 0.15) is 54.6 Å². The topological polar surface area (TPSA) is 60.9 Å². The molecule has 1 atom stereocenters. The van der Waals surface area contributed by atoms with Gasteiger partial charge in [-0.2, -0.15) is 18.3 Å². The average molecular weight is 351 g/mol. The molecular weight excluding hydrogens is 331 g/mol. The van der Waals surface area contributed by atoms with Crippen molar-refractivity contribution < 1.29 is 18.0 Å². The van der Waals surface area contributed by atoms with Crippen LogP contribution in [0.2, 0.25) is 0 Å². The lowest BCUT2D eigenvalue weighted by Gasteiger charge is -2.15. The summed E-state index contributed by atoms with van der Waals surface area (Å²) in [6.07, 6.45) is -1.58. The molecule has 2 aromatic rings. The third-order valence-electron chi connectivity index (χ3n) is 4.66. The van der Waals surface area contributed by atoms with Crippen molar-refractivity contribution >= 4 is 5.91 Å². The molecular formula is C18H20F3N3O. The number of hydrogen-bond donors (Lipinski definition) is 1. The molecule has 1 aromatic carbocycles. The van der Waals surface area contributed by atoms with Crippen LogP contribution in [-0.2, 0) is 23.8 Å². The maximum absolute atomic E-state index is 13.3. The Morgan fingerprint density at radius 2 is 1.88 bits per heavy atom. The van der Waals surface area contributed by atoms with E-state index in [1.54, 1.807) is 12.1 Å². The van der Waals surface area contributed by atoms with Crippen LogP contribution in [-0.4, -0.2) is 15.7 Å². The monoisotopic (exact) mass is 351 g/mol. The van der Waals surface area contributed by atoms with Crippen molar-refractivity contribution in [3.05, 3.63) is 46.8 Å². The number of nitrogens with zero attached hydrogens (tertiary/aromatic N) is 2. The van der Waals surface area contributed by atoms with Crippen LogP contribution in [0.4, 0.5) is 13.2 Å². The maximum atomic E-state index is 13.3. The van der Waals surface area contributed by atoms with Crippen LogP contribution in [0.3, 0.4) is 0 Å². The normalized spacial score (nSPS) is 15.7. The molecule has 1 heterocycles. The van der Waals surface area contributed by atoms with Crippen LogP contribution in [0.5, 0.6) is 0 Å². The number of carbonyl (C=O) groups is 1. The van der Waals surface area contributed by atoms with E-state index in [9.17, 15) is 18.0 Å². The molecule has 4 nitrogen and oxygen atoms in total. The lowest BCUT2D eigenvalue weighted by Crippen LogP contribution is -2.13. The van der Waals surface area contributed by atoms with E-state index in [0.717, 1.165) is 18.4 Å². The average Bonchev–Trinajstić information content (AvgIpc) is 2.94. The summed E-state index contributed by atoms with van der Waals surface area (Å²) in [5, 5.41) is 3.87. The van der Waals surface area contributed by atoms with Crippen molar-refractivity contribution in [1.82, 2.24) is 9.78 Å². The summed E-state index contributed by atoms with van der Waals surface area (Å²) in [7, 11) is 0. The van der Waals surface area contributed by atoms with Gasteiger partial charge in [-0.15, -0.1) is 0 Å². The Balaban J connectivity index is 1.97. The predicted octanol–water partition coefficient (Wildman–Crippen LogP) is 3.75. The van der Waals surface area contributed by atoms with Crippen molar-refractivity contribution in [2.45, 2.75) is 51.1 Å². The first kappa shape index (κ1) is 17.5. The predicted molar refractivity (Wildman–Crippen MR) is 87.4 cm³/mol. The van der Waals surface area contributed by atoms with Gasteiger partial charge in [0, 0.05) is 17.7 Å². The minimum absolute atomic E-state index is 0.0381. The van der Waals surface area contributed by atoms with E-state index < -0.39 is 11.9 Å². The Bertz CT molecular complexity index is 778. The summed E-state index contributed by atoms with van der Waals surface area (Å²) in [4.78, 5) is 11.0. The molecule has 134 valence electrons. The number of alkyl halides is 3. The van der Waals surface area contributed by atoms with Gasteiger partial charge in [0.15, 0.2) is 5.69 Å². The summed E-state index contributed by atoms with van der Waals surface area (Å²) in [6, 6.07) is 7.12. The van der Waals surface area contributed by atoms with E-state index in [1.807, 2.05) is 19.1 Å². The summed E-state index contributed by atoms with van der Waals surface area (Å²) < 4.78 is 41.2. The summed E-state index contributed by atoms with van der Waals surface area (Å²) in [5.41, 5.74) is 6.93. The molecule has 0 saturated carbocycles. The zero-order valence-electron chi connectivity index (χ0n) is 13.9. The largest absolute Gasteiger partial charge is 0.435 e. The molecule has 25 heavy (non-hydrogen) atoms. The fourth-order valence-electron chi connectivity index (χ4n) is 3.40. The van der Waals surface area contributed by atoms with Crippen LogP contribution in [0.25, 0.3) is 5.69 Å². The molecule has 1 aromatic heterocycles. The van der Waals surface area contributed by atoms with Gasteiger partial charge in [0.1, 0.15) is 0 Å². The first-order valence-corrected chi connectivity index (χ1v) is 8.34. The molecule has 0 saturated heterocycles. The maximum Gasteiger partial charge on any atom is 0.435 e. The molecule has 0 spiro atoms. The van der Waals surface area contributed by atoms with Gasteiger partial charge in [0.05, 0.1) is 5.69 Å². The van der Waals surface area contributed by atoms with Crippen molar-refractivity contribution in [3.8, 4) is 5.69 Å². The Morgan fingerprint density at radius 1 is 1.24 bits per heavy atom. The molecule has 0 radical (unpaired) electrons. The number of halogens is 3. The van der Waals surface area contributed by atoms with E-state index in [0.29, 0.717) is 29.8 Å². The lowest BCUT2D eigenvalue weighted by molar-refractivity contribution is -0.142. The number of rotatable bonds is 4. The highest BCUT2D eigenvalue weighted by Gasteiger charge is 2.39. The van der Waals surface area contributed by atoms with Gasteiger partial charge in [-0.25, -0.2) is 4.68 Å². The minimum Gasteiger partial charge on any atom is -0.370 e. The van der Waals surface area contributed by atoms with E-state index in [4.69, 9.17) is 5.73 Å². The van der Waals surface area contributed by atoms with Gasteiger partial charge >= 0.3 is 6.18 Å². The SMILES string of the molecule is CC(CC(N)=O)c1ccc(-n2nc(C(F)(F)F)c3c2CCCC3)cc1. The molecule has 3 rings (SSSR count). The quantitative estimate of drug-likeness (QED) is 0.912. The number of hydrogen-bond acceptors (Lipinski definition) is 2. The van der Waals surface area contributed by atoms with E-state index in [1.165, 1.54) is 4.68 Å². The first-order valence-electron chi connectivity index (χ1n) is 8.34.